The lowest BCUT2D eigenvalue weighted by Crippen LogP contribution is -2.18. The average molecular weight is 158 g/mol. The minimum Gasteiger partial charge on any atom is -0.319 e. The minimum atomic E-state index is -2.53. The molecule has 0 spiro atoms. The predicted molar refractivity (Wildman–Crippen MR) is 37.2 cm³/mol. The van der Waals surface area contributed by atoms with Crippen LogP contribution in [-0.4, -0.2) is 11.4 Å². The van der Waals surface area contributed by atoms with Crippen LogP contribution in [-0.2, 0) is 0 Å². The molecule has 1 heterocycles. The summed E-state index contributed by atoms with van der Waals surface area (Å²) in [5, 5.41) is 0. The molecule has 2 nitrogen and oxygen atoms in total. The van der Waals surface area contributed by atoms with Gasteiger partial charge in [0.2, 0.25) is 0 Å². The summed E-state index contributed by atoms with van der Waals surface area (Å²) in [7, 11) is 0. The molecule has 11 heavy (non-hydrogen) atoms. The Bertz CT molecular complexity index is 213. The van der Waals surface area contributed by atoms with Crippen molar-refractivity contribution in [3.8, 4) is 0 Å². The summed E-state index contributed by atoms with van der Waals surface area (Å²) in [6, 6.07) is 1.89. The molecular formula is C7H8F2N2. The number of rotatable bonds is 2. The van der Waals surface area contributed by atoms with Crippen LogP contribution in [0.15, 0.2) is 24.5 Å². The number of pyridine rings is 1. The molecule has 1 rings (SSSR count). The molecule has 1 aromatic heterocycles. The van der Waals surface area contributed by atoms with Gasteiger partial charge >= 0.3 is 0 Å². The predicted octanol–water partition coefficient (Wildman–Crippen LogP) is 1.35. The van der Waals surface area contributed by atoms with Crippen LogP contribution in [0.1, 0.15) is 11.6 Å². The Hall–Kier alpha value is -1.03. The molecule has 4 heteroatoms. The van der Waals surface area contributed by atoms with Crippen LogP contribution in [0.25, 0.3) is 0 Å². The molecular weight excluding hydrogens is 150 g/mol. The monoisotopic (exact) mass is 158 g/mol. The van der Waals surface area contributed by atoms with Crippen molar-refractivity contribution in [3.63, 3.8) is 0 Å². The fraction of sp³-hybridized carbons (Fsp3) is 0.286. The molecule has 0 saturated heterocycles. The van der Waals surface area contributed by atoms with Gasteiger partial charge in [0.05, 0.1) is 6.04 Å². The molecule has 0 saturated carbocycles. The van der Waals surface area contributed by atoms with Gasteiger partial charge in [-0.25, -0.2) is 8.78 Å². The first-order valence-corrected chi connectivity index (χ1v) is 3.15. The lowest BCUT2D eigenvalue weighted by atomic mass is 10.1. The third-order valence-electron chi connectivity index (χ3n) is 1.34. The van der Waals surface area contributed by atoms with Crippen LogP contribution in [0.4, 0.5) is 8.78 Å². The lowest BCUT2D eigenvalue weighted by Gasteiger charge is -2.08. The number of hydrogen-bond acceptors (Lipinski definition) is 2. The van der Waals surface area contributed by atoms with Crippen molar-refractivity contribution in [2.75, 3.05) is 0 Å². The molecule has 1 aromatic rings. The van der Waals surface area contributed by atoms with E-state index in [1.54, 1.807) is 6.07 Å². The van der Waals surface area contributed by atoms with E-state index < -0.39 is 12.5 Å². The maximum Gasteiger partial charge on any atom is 0.257 e. The fourth-order valence-corrected chi connectivity index (χ4v) is 0.719. The Morgan fingerprint density at radius 1 is 1.45 bits per heavy atom. The summed E-state index contributed by atoms with van der Waals surface area (Å²) in [4.78, 5) is 3.67. The number of nitrogens with zero attached hydrogens (tertiary/aromatic N) is 1. The highest BCUT2D eigenvalue weighted by Crippen LogP contribution is 2.15. The van der Waals surface area contributed by atoms with Crippen LogP contribution < -0.4 is 5.73 Å². The average Bonchev–Trinajstić information content (AvgIpc) is 2.05. The zero-order chi connectivity index (χ0) is 8.27. The molecule has 0 amide bonds. The van der Waals surface area contributed by atoms with Crippen LogP contribution in [0.2, 0.25) is 0 Å². The molecule has 0 aliphatic heterocycles. The molecule has 1 unspecified atom stereocenters. The number of hydrogen-bond donors (Lipinski definition) is 1. The number of nitrogens with two attached hydrogens (primary N) is 1. The van der Waals surface area contributed by atoms with E-state index in [4.69, 9.17) is 5.73 Å². The Morgan fingerprint density at radius 2 is 2.18 bits per heavy atom. The van der Waals surface area contributed by atoms with Crippen molar-refractivity contribution in [2.45, 2.75) is 12.5 Å². The SMILES string of the molecule is NC(c1cccnc1)C(F)F. The van der Waals surface area contributed by atoms with E-state index in [0.29, 0.717) is 5.56 Å². The molecule has 0 aromatic carbocycles. The van der Waals surface area contributed by atoms with Crippen molar-refractivity contribution in [2.24, 2.45) is 5.73 Å². The normalized spacial score (nSPS) is 13.5. The second-order valence-electron chi connectivity index (χ2n) is 2.15. The first-order chi connectivity index (χ1) is 5.22. The molecule has 60 valence electrons. The summed E-state index contributed by atoms with van der Waals surface area (Å²) < 4.78 is 23.9. The molecule has 0 bridgehead atoms. The van der Waals surface area contributed by atoms with E-state index >= 15 is 0 Å². The zero-order valence-electron chi connectivity index (χ0n) is 5.74. The van der Waals surface area contributed by atoms with Gasteiger partial charge in [0.15, 0.2) is 0 Å². The minimum absolute atomic E-state index is 0.363. The summed E-state index contributed by atoms with van der Waals surface area (Å²) in [6.45, 7) is 0. The maximum atomic E-state index is 12.0. The highest BCUT2D eigenvalue weighted by molar-refractivity contribution is 5.13. The van der Waals surface area contributed by atoms with Gasteiger partial charge in [-0.2, -0.15) is 0 Å². The van der Waals surface area contributed by atoms with Crippen molar-refractivity contribution in [3.05, 3.63) is 30.1 Å². The Labute approximate surface area is 63.1 Å². The van der Waals surface area contributed by atoms with E-state index in [1.807, 2.05) is 0 Å². The smallest absolute Gasteiger partial charge is 0.257 e. The highest BCUT2D eigenvalue weighted by atomic mass is 19.3. The van der Waals surface area contributed by atoms with Gasteiger partial charge < -0.3 is 5.73 Å². The first kappa shape index (κ1) is 8.07. The van der Waals surface area contributed by atoms with Gasteiger partial charge in [0.25, 0.3) is 6.43 Å². The van der Waals surface area contributed by atoms with Crippen LogP contribution in [0, 0.1) is 0 Å². The quantitative estimate of drug-likeness (QED) is 0.705. The van der Waals surface area contributed by atoms with E-state index in [0.717, 1.165) is 0 Å². The first-order valence-electron chi connectivity index (χ1n) is 3.15. The van der Waals surface area contributed by atoms with Crippen molar-refractivity contribution >= 4 is 0 Å². The Kier molecular flexibility index (Phi) is 2.48. The van der Waals surface area contributed by atoms with Crippen molar-refractivity contribution in [1.29, 1.82) is 0 Å². The van der Waals surface area contributed by atoms with Crippen LogP contribution >= 0.6 is 0 Å². The third kappa shape index (κ3) is 1.94. The fourth-order valence-electron chi connectivity index (χ4n) is 0.719. The third-order valence-corrected chi connectivity index (χ3v) is 1.34. The molecule has 0 fully saturated rings. The van der Waals surface area contributed by atoms with Gasteiger partial charge in [-0.05, 0) is 11.6 Å². The van der Waals surface area contributed by atoms with Crippen molar-refractivity contribution < 1.29 is 8.78 Å². The maximum absolute atomic E-state index is 12.0. The summed E-state index contributed by atoms with van der Waals surface area (Å²) >= 11 is 0. The largest absolute Gasteiger partial charge is 0.319 e. The number of halogens is 2. The topological polar surface area (TPSA) is 38.9 Å². The van der Waals surface area contributed by atoms with Crippen LogP contribution in [0.3, 0.4) is 0 Å². The van der Waals surface area contributed by atoms with E-state index in [1.165, 1.54) is 18.5 Å². The number of aromatic nitrogens is 1. The molecule has 2 N–H and O–H groups in total. The molecule has 1 atom stereocenters. The lowest BCUT2D eigenvalue weighted by molar-refractivity contribution is 0.116. The summed E-state index contributed by atoms with van der Waals surface area (Å²) in [5.41, 5.74) is 5.51. The van der Waals surface area contributed by atoms with E-state index in [2.05, 4.69) is 4.98 Å². The van der Waals surface area contributed by atoms with Gasteiger partial charge in [-0.3, -0.25) is 4.98 Å². The van der Waals surface area contributed by atoms with Gasteiger partial charge in [0, 0.05) is 12.4 Å². The van der Waals surface area contributed by atoms with Crippen LogP contribution in [0.5, 0.6) is 0 Å². The summed E-state index contributed by atoms with van der Waals surface area (Å²) in [5.74, 6) is 0. The zero-order valence-corrected chi connectivity index (χ0v) is 5.74. The van der Waals surface area contributed by atoms with E-state index in [9.17, 15) is 8.78 Å². The molecule has 0 radical (unpaired) electrons. The van der Waals surface area contributed by atoms with Crippen molar-refractivity contribution in [1.82, 2.24) is 4.98 Å². The second-order valence-corrected chi connectivity index (χ2v) is 2.15. The standard InChI is InChI=1S/C7H8F2N2/c8-7(9)6(10)5-2-1-3-11-4-5/h1-4,6-7H,10H2. The van der Waals surface area contributed by atoms with E-state index in [-0.39, 0.29) is 0 Å². The highest BCUT2D eigenvalue weighted by Gasteiger charge is 2.16. The molecule has 0 aliphatic rings. The van der Waals surface area contributed by atoms with Gasteiger partial charge in [0.1, 0.15) is 0 Å². The van der Waals surface area contributed by atoms with Gasteiger partial charge in [-0.15, -0.1) is 0 Å². The Balaban J connectivity index is 2.77. The summed E-state index contributed by atoms with van der Waals surface area (Å²) in [6.07, 6.45) is 0.331. The molecule has 0 aliphatic carbocycles. The number of alkyl halides is 2. The van der Waals surface area contributed by atoms with Gasteiger partial charge in [-0.1, -0.05) is 6.07 Å². The second kappa shape index (κ2) is 3.39. The Morgan fingerprint density at radius 3 is 2.64 bits per heavy atom.